The van der Waals surface area contributed by atoms with E-state index in [1.165, 1.54) is 25.5 Å². The fraction of sp³-hybridized carbons (Fsp3) is 0.541. The Labute approximate surface area is 300 Å². The summed E-state index contributed by atoms with van der Waals surface area (Å²) in [5.41, 5.74) is 6.84. The number of phenolic OH excluding ortho intramolecular Hbond substituents is 1. The molecule has 4 aliphatic rings. The van der Waals surface area contributed by atoms with Crippen molar-refractivity contribution in [2.45, 2.75) is 75.5 Å². The van der Waals surface area contributed by atoms with E-state index in [0.717, 1.165) is 24.8 Å². The Kier molecular flexibility index (Phi) is 12.5. The fourth-order valence-electron chi connectivity index (χ4n) is 8.45. The molecule has 0 aromatic heterocycles. The summed E-state index contributed by atoms with van der Waals surface area (Å²) in [6, 6.07) is 11.9. The Hall–Kier alpha value is -4.30. The first kappa shape index (κ1) is 37.9. The summed E-state index contributed by atoms with van der Waals surface area (Å²) in [7, 11) is 0.127. The van der Waals surface area contributed by atoms with Gasteiger partial charge in [0, 0.05) is 35.3 Å². The van der Waals surface area contributed by atoms with E-state index in [-0.39, 0.29) is 42.7 Å². The topological polar surface area (TPSA) is 206 Å². The van der Waals surface area contributed by atoms with Crippen LogP contribution in [0.2, 0.25) is 0 Å². The van der Waals surface area contributed by atoms with Gasteiger partial charge in [-0.25, -0.2) is 0 Å². The molecule has 4 saturated carbocycles. The summed E-state index contributed by atoms with van der Waals surface area (Å²) in [6.45, 7) is -0.486. The Morgan fingerprint density at radius 3 is 2.16 bits per heavy atom. The minimum Gasteiger partial charge on any atom is -0.508 e. The third kappa shape index (κ3) is 9.53. The summed E-state index contributed by atoms with van der Waals surface area (Å²) >= 11 is 0. The summed E-state index contributed by atoms with van der Waals surface area (Å²) in [6.07, 6.45) is 6.17. The number of carbonyl (C=O) groups excluding carboxylic acids is 5. The molecule has 4 unspecified atom stereocenters. The van der Waals surface area contributed by atoms with Crippen molar-refractivity contribution in [3.05, 3.63) is 65.7 Å². The summed E-state index contributed by atoms with van der Waals surface area (Å²) in [4.78, 5) is 66.7. The van der Waals surface area contributed by atoms with Gasteiger partial charge < -0.3 is 36.8 Å². The zero-order chi connectivity index (χ0) is 36.7. The monoisotopic (exact) mass is 723 g/mol. The number of hydrogen-bond donors (Lipinski definition) is 6. The Morgan fingerprint density at radius 2 is 1.53 bits per heavy atom. The number of hydrogen-bond acceptors (Lipinski definition) is 9. The Bertz CT molecular complexity index is 1590. The van der Waals surface area contributed by atoms with Gasteiger partial charge in [0.1, 0.15) is 17.8 Å². The number of nitrogens with one attached hydrogen (secondary N) is 4. The number of esters is 1. The van der Waals surface area contributed by atoms with Gasteiger partial charge in [0.15, 0.2) is 0 Å². The van der Waals surface area contributed by atoms with Gasteiger partial charge >= 0.3 is 5.97 Å². The number of ether oxygens (including phenoxy) is 1. The van der Waals surface area contributed by atoms with Crippen molar-refractivity contribution in [1.82, 2.24) is 21.3 Å². The van der Waals surface area contributed by atoms with E-state index >= 15 is 0 Å². The summed E-state index contributed by atoms with van der Waals surface area (Å²) in [5.74, 6) is -1.42. The standard InChI is InChI=1S/C37H49N5O8S/c1-50-36(48)37-19-24-14-25(20-37)16-26(15-24)32(37)42-35(47)30(18-22-6-4-3-5-7-22)40-31(44)21-39-34(46)29(12-13-51(2)49)41-33(45)28(38)17-23-8-10-27(43)11-9-23/h3-11,24-26,28-30,32,43H,12-21,38H2,1-2H3,(H,39,46)(H,40,44)(H,41,45)(H,42,47)/t24?,25?,26?,28-,29+,30-,32?,37?,51?/m0/s1. The summed E-state index contributed by atoms with van der Waals surface area (Å²) < 4.78 is 17.1. The highest BCUT2D eigenvalue weighted by Gasteiger charge is 2.62. The molecule has 13 nitrogen and oxygen atoms in total. The lowest BCUT2D eigenvalue weighted by Gasteiger charge is -2.59. The molecule has 14 heteroatoms. The van der Waals surface area contributed by atoms with Gasteiger partial charge in [0.05, 0.1) is 25.1 Å². The molecule has 2 aromatic carbocycles. The molecule has 0 heterocycles. The van der Waals surface area contributed by atoms with Gasteiger partial charge in [-0.1, -0.05) is 42.5 Å². The average Bonchev–Trinajstić information content (AvgIpc) is 3.10. The number of phenols is 1. The Morgan fingerprint density at radius 1 is 0.882 bits per heavy atom. The number of methoxy groups -OCH3 is 1. The Balaban J connectivity index is 1.23. The highest BCUT2D eigenvalue weighted by Crippen LogP contribution is 2.60. The molecule has 0 spiro atoms. The van der Waals surface area contributed by atoms with Gasteiger partial charge in [0.2, 0.25) is 23.6 Å². The van der Waals surface area contributed by atoms with Crippen LogP contribution in [-0.4, -0.2) is 88.7 Å². The zero-order valence-corrected chi connectivity index (χ0v) is 29.9. The number of carbonyl (C=O) groups is 5. The highest BCUT2D eigenvalue weighted by molar-refractivity contribution is 7.84. The van der Waals surface area contributed by atoms with Crippen LogP contribution in [0.5, 0.6) is 5.75 Å². The molecular weight excluding hydrogens is 675 g/mol. The van der Waals surface area contributed by atoms with Crippen LogP contribution in [0.15, 0.2) is 54.6 Å². The molecule has 6 rings (SSSR count). The van der Waals surface area contributed by atoms with Crippen LogP contribution in [0.25, 0.3) is 0 Å². The predicted molar refractivity (Wildman–Crippen MR) is 190 cm³/mol. The van der Waals surface area contributed by atoms with E-state index < -0.39 is 70.6 Å². The largest absolute Gasteiger partial charge is 0.508 e. The quantitative estimate of drug-likeness (QED) is 0.136. The van der Waals surface area contributed by atoms with Crippen LogP contribution in [-0.2, 0) is 52.4 Å². The number of aromatic hydroxyl groups is 1. The van der Waals surface area contributed by atoms with Crippen molar-refractivity contribution in [2.24, 2.45) is 28.9 Å². The number of amides is 4. The van der Waals surface area contributed by atoms with Gasteiger partial charge in [-0.15, -0.1) is 0 Å². The van der Waals surface area contributed by atoms with E-state index in [9.17, 15) is 33.3 Å². The van der Waals surface area contributed by atoms with Crippen molar-refractivity contribution in [2.75, 3.05) is 25.7 Å². The molecule has 4 aliphatic carbocycles. The van der Waals surface area contributed by atoms with Crippen LogP contribution in [0.4, 0.5) is 0 Å². The predicted octanol–water partition coefficient (Wildman–Crippen LogP) is 0.843. The van der Waals surface area contributed by atoms with Crippen molar-refractivity contribution in [3.63, 3.8) is 0 Å². The number of rotatable bonds is 16. The van der Waals surface area contributed by atoms with E-state index in [0.29, 0.717) is 30.2 Å². The second-order valence-electron chi connectivity index (χ2n) is 14.4. The lowest BCUT2D eigenvalue weighted by Crippen LogP contribution is -2.67. The minimum absolute atomic E-state index is 0.0412. The SMILES string of the molecule is COC(=O)C12CC3CC(CC(C3)C1NC(=O)[C@H](Cc1ccccc1)NC(=O)CNC(=O)[C@@H](CCS(C)=O)NC(=O)[C@@H](N)Cc1ccc(O)cc1)C2. The van der Waals surface area contributed by atoms with Crippen LogP contribution >= 0.6 is 0 Å². The van der Waals surface area contributed by atoms with Crippen LogP contribution < -0.4 is 27.0 Å². The molecule has 51 heavy (non-hydrogen) atoms. The van der Waals surface area contributed by atoms with Gasteiger partial charge in [-0.3, -0.25) is 28.2 Å². The van der Waals surface area contributed by atoms with Crippen LogP contribution in [0, 0.1) is 23.2 Å². The maximum atomic E-state index is 14.0. The van der Waals surface area contributed by atoms with Crippen molar-refractivity contribution in [1.29, 1.82) is 0 Å². The van der Waals surface area contributed by atoms with Crippen molar-refractivity contribution >= 4 is 40.4 Å². The van der Waals surface area contributed by atoms with Crippen LogP contribution in [0.3, 0.4) is 0 Å². The zero-order valence-electron chi connectivity index (χ0n) is 29.1. The third-order valence-electron chi connectivity index (χ3n) is 10.6. The molecule has 7 atom stereocenters. The first-order valence-corrected chi connectivity index (χ1v) is 19.2. The highest BCUT2D eigenvalue weighted by atomic mass is 32.2. The molecule has 7 N–H and O–H groups in total. The average molecular weight is 724 g/mol. The van der Waals surface area contributed by atoms with Gasteiger partial charge in [-0.05, 0) is 86.0 Å². The summed E-state index contributed by atoms with van der Waals surface area (Å²) in [5, 5.41) is 20.6. The van der Waals surface area contributed by atoms with E-state index in [1.54, 1.807) is 12.1 Å². The lowest BCUT2D eigenvalue weighted by molar-refractivity contribution is -0.175. The molecule has 4 fully saturated rings. The van der Waals surface area contributed by atoms with Crippen LogP contribution in [0.1, 0.15) is 49.7 Å². The van der Waals surface area contributed by atoms with Gasteiger partial charge in [-0.2, -0.15) is 0 Å². The lowest BCUT2D eigenvalue weighted by atomic mass is 9.47. The van der Waals surface area contributed by atoms with E-state index in [4.69, 9.17) is 10.5 Å². The van der Waals surface area contributed by atoms with Crippen molar-refractivity contribution < 1.29 is 38.0 Å². The third-order valence-corrected chi connectivity index (χ3v) is 11.4. The van der Waals surface area contributed by atoms with E-state index in [2.05, 4.69) is 21.3 Å². The molecule has 0 aliphatic heterocycles. The fourth-order valence-corrected chi connectivity index (χ4v) is 9.02. The molecule has 0 radical (unpaired) electrons. The van der Waals surface area contributed by atoms with Crippen molar-refractivity contribution in [3.8, 4) is 5.75 Å². The maximum absolute atomic E-state index is 14.0. The number of nitrogens with two attached hydrogens (primary N) is 1. The molecule has 4 bridgehead atoms. The normalized spacial score (nSPS) is 25.5. The maximum Gasteiger partial charge on any atom is 0.313 e. The molecular formula is C37H49N5O8S. The molecule has 2 aromatic rings. The minimum atomic E-state index is -1.26. The second kappa shape index (κ2) is 16.8. The molecule has 276 valence electrons. The van der Waals surface area contributed by atoms with Gasteiger partial charge in [0.25, 0.3) is 0 Å². The second-order valence-corrected chi connectivity index (χ2v) is 15.9. The first-order chi connectivity index (χ1) is 24.4. The number of benzene rings is 2. The first-order valence-electron chi connectivity index (χ1n) is 17.5. The van der Waals surface area contributed by atoms with E-state index in [1.807, 2.05) is 30.3 Å². The molecule has 0 saturated heterocycles. The molecule has 4 amide bonds. The smallest absolute Gasteiger partial charge is 0.313 e.